The summed E-state index contributed by atoms with van der Waals surface area (Å²) in [6, 6.07) is 4.41. The fourth-order valence-corrected chi connectivity index (χ4v) is 2.26. The van der Waals surface area contributed by atoms with Crippen LogP contribution in [0.15, 0.2) is 36.7 Å². The fraction of sp³-hybridized carbons (Fsp3) is 0.267. The summed E-state index contributed by atoms with van der Waals surface area (Å²) in [5.41, 5.74) is 0.989. The second-order valence-corrected chi connectivity index (χ2v) is 4.73. The van der Waals surface area contributed by atoms with Crippen molar-refractivity contribution in [3.05, 3.63) is 64.7 Å². The number of hydrogen-bond donors (Lipinski definition) is 1. The first-order valence-electron chi connectivity index (χ1n) is 6.28. The Morgan fingerprint density at radius 1 is 1.14 bits per heavy atom. The molecule has 0 aliphatic rings. The van der Waals surface area contributed by atoms with E-state index < -0.39 is 23.6 Å². The summed E-state index contributed by atoms with van der Waals surface area (Å²) in [6.07, 6.45) is -1.81. The van der Waals surface area contributed by atoms with E-state index in [2.05, 4.69) is 10.3 Å². The van der Waals surface area contributed by atoms with Crippen LogP contribution in [0.2, 0.25) is 0 Å². The number of alkyl halides is 3. The van der Waals surface area contributed by atoms with E-state index in [4.69, 9.17) is 0 Å². The lowest BCUT2D eigenvalue weighted by molar-refractivity contribution is -0.137. The van der Waals surface area contributed by atoms with E-state index in [1.807, 2.05) is 0 Å². The quantitative estimate of drug-likeness (QED) is 0.870. The molecule has 1 heterocycles. The Morgan fingerprint density at radius 3 is 2.38 bits per heavy atom. The van der Waals surface area contributed by atoms with E-state index in [-0.39, 0.29) is 0 Å². The zero-order valence-electron chi connectivity index (χ0n) is 11.5. The van der Waals surface area contributed by atoms with Crippen LogP contribution >= 0.6 is 0 Å². The number of benzene rings is 1. The van der Waals surface area contributed by atoms with Gasteiger partial charge < -0.3 is 5.32 Å². The second kappa shape index (κ2) is 5.81. The largest absolute Gasteiger partial charge is 0.416 e. The molecule has 0 bridgehead atoms. The van der Waals surface area contributed by atoms with Gasteiger partial charge in [0.1, 0.15) is 5.82 Å². The van der Waals surface area contributed by atoms with E-state index >= 15 is 0 Å². The lowest BCUT2D eigenvalue weighted by atomic mass is 9.94. The molecule has 2 aromatic rings. The van der Waals surface area contributed by atoms with Gasteiger partial charge >= 0.3 is 6.18 Å². The minimum absolute atomic E-state index is 0.421. The van der Waals surface area contributed by atoms with Gasteiger partial charge in [-0.05, 0) is 48.9 Å². The van der Waals surface area contributed by atoms with Crippen LogP contribution in [0.5, 0.6) is 0 Å². The molecule has 0 aliphatic heterocycles. The molecule has 1 atom stereocenters. The monoisotopic (exact) mass is 298 g/mol. The molecule has 1 unspecified atom stereocenters. The zero-order valence-corrected chi connectivity index (χ0v) is 11.5. The van der Waals surface area contributed by atoms with Gasteiger partial charge in [-0.3, -0.25) is 4.98 Å². The maximum absolute atomic E-state index is 13.3. The number of aryl methyl sites for hydroxylation is 1. The average Bonchev–Trinajstić information content (AvgIpc) is 2.40. The lowest BCUT2D eigenvalue weighted by Gasteiger charge is -2.20. The Balaban J connectivity index is 2.44. The van der Waals surface area contributed by atoms with Crippen LogP contribution in [-0.4, -0.2) is 12.0 Å². The first kappa shape index (κ1) is 15.4. The van der Waals surface area contributed by atoms with Gasteiger partial charge in [0.2, 0.25) is 0 Å². The van der Waals surface area contributed by atoms with E-state index in [1.165, 1.54) is 18.3 Å². The molecule has 2 nitrogen and oxygen atoms in total. The van der Waals surface area contributed by atoms with Crippen molar-refractivity contribution < 1.29 is 17.6 Å². The van der Waals surface area contributed by atoms with Crippen molar-refractivity contribution in [2.75, 3.05) is 7.05 Å². The van der Waals surface area contributed by atoms with Gasteiger partial charge in [0, 0.05) is 6.20 Å². The van der Waals surface area contributed by atoms with Crippen molar-refractivity contribution in [2.45, 2.75) is 19.1 Å². The molecule has 0 spiro atoms. The summed E-state index contributed by atoms with van der Waals surface area (Å²) in [5, 5.41) is 2.97. The minimum Gasteiger partial charge on any atom is -0.309 e. The van der Waals surface area contributed by atoms with Crippen LogP contribution in [-0.2, 0) is 6.18 Å². The summed E-state index contributed by atoms with van der Waals surface area (Å²) in [5.74, 6) is -0.489. The Kier molecular flexibility index (Phi) is 4.27. The number of rotatable bonds is 3. The third-order valence-electron chi connectivity index (χ3n) is 3.26. The number of nitrogens with one attached hydrogen (secondary N) is 1. The van der Waals surface area contributed by atoms with Crippen LogP contribution in [0.25, 0.3) is 0 Å². The highest BCUT2D eigenvalue weighted by atomic mass is 19.4. The molecule has 0 aliphatic carbocycles. The van der Waals surface area contributed by atoms with Crippen molar-refractivity contribution in [2.24, 2.45) is 0 Å². The summed E-state index contributed by atoms with van der Waals surface area (Å²) >= 11 is 0. The van der Waals surface area contributed by atoms with Crippen LogP contribution in [0.3, 0.4) is 0 Å². The van der Waals surface area contributed by atoms with E-state index in [0.29, 0.717) is 16.7 Å². The summed E-state index contributed by atoms with van der Waals surface area (Å²) in [6.45, 7) is 1.60. The van der Waals surface area contributed by atoms with Crippen molar-refractivity contribution in [3.8, 4) is 0 Å². The van der Waals surface area contributed by atoms with Crippen LogP contribution in [0.4, 0.5) is 17.6 Å². The van der Waals surface area contributed by atoms with E-state index in [9.17, 15) is 17.6 Å². The summed E-state index contributed by atoms with van der Waals surface area (Å²) in [7, 11) is 1.66. The minimum atomic E-state index is -4.38. The van der Waals surface area contributed by atoms with Gasteiger partial charge in [0.15, 0.2) is 0 Å². The molecule has 112 valence electrons. The number of hydrogen-bond acceptors (Lipinski definition) is 2. The third kappa shape index (κ3) is 3.39. The first-order chi connectivity index (χ1) is 9.82. The van der Waals surface area contributed by atoms with Gasteiger partial charge in [-0.15, -0.1) is 0 Å². The van der Waals surface area contributed by atoms with Gasteiger partial charge in [-0.1, -0.05) is 6.07 Å². The van der Waals surface area contributed by atoms with Gasteiger partial charge in [-0.25, -0.2) is 4.39 Å². The SMILES string of the molecule is CNC(c1cncc(F)c1)c1ccc(C(F)(F)F)cc1C. The second-order valence-electron chi connectivity index (χ2n) is 4.73. The van der Waals surface area contributed by atoms with Gasteiger partial charge in [-0.2, -0.15) is 13.2 Å². The standard InChI is InChI=1S/C15H14F4N2/c1-9-5-11(15(17,18)19)3-4-13(9)14(20-2)10-6-12(16)8-21-7-10/h3-8,14,20H,1-2H3. The van der Waals surface area contributed by atoms with Gasteiger partial charge in [0.05, 0.1) is 17.8 Å². The molecule has 0 saturated heterocycles. The number of pyridine rings is 1. The molecule has 6 heteroatoms. The molecule has 1 aromatic heterocycles. The lowest BCUT2D eigenvalue weighted by Crippen LogP contribution is -2.19. The molecule has 0 amide bonds. The summed E-state index contributed by atoms with van der Waals surface area (Å²) in [4.78, 5) is 3.77. The molecule has 0 saturated carbocycles. The van der Waals surface area contributed by atoms with Crippen molar-refractivity contribution in [1.29, 1.82) is 0 Å². The average molecular weight is 298 g/mol. The maximum atomic E-state index is 13.3. The highest BCUT2D eigenvalue weighted by Crippen LogP contribution is 2.32. The van der Waals surface area contributed by atoms with Crippen LogP contribution in [0.1, 0.15) is 28.3 Å². The normalized spacial score (nSPS) is 13.2. The Bertz CT molecular complexity index is 638. The van der Waals surface area contributed by atoms with Crippen molar-refractivity contribution in [1.82, 2.24) is 10.3 Å². The predicted molar refractivity (Wildman–Crippen MR) is 71.3 cm³/mol. The number of halogens is 4. The Morgan fingerprint density at radius 2 is 1.86 bits per heavy atom. The molecule has 0 fully saturated rings. The van der Waals surface area contributed by atoms with Gasteiger partial charge in [0.25, 0.3) is 0 Å². The topological polar surface area (TPSA) is 24.9 Å². The smallest absolute Gasteiger partial charge is 0.309 e. The highest BCUT2D eigenvalue weighted by molar-refractivity contribution is 5.39. The van der Waals surface area contributed by atoms with Crippen molar-refractivity contribution >= 4 is 0 Å². The Hall–Kier alpha value is -1.95. The predicted octanol–water partition coefficient (Wildman–Crippen LogP) is 3.86. The molecular weight excluding hydrogens is 284 g/mol. The fourth-order valence-electron chi connectivity index (χ4n) is 2.26. The van der Waals surface area contributed by atoms with Crippen LogP contribution in [0, 0.1) is 12.7 Å². The first-order valence-corrected chi connectivity index (χ1v) is 6.28. The molecule has 1 aromatic carbocycles. The molecule has 2 rings (SSSR count). The maximum Gasteiger partial charge on any atom is 0.416 e. The number of aromatic nitrogens is 1. The van der Waals surface area contributed by atoms with E-state index in [0.717, 1.165) is 18.3 Å². The van der Waals surface area contributed by atoms with Crippen LogP contribution < -0.4 is 5.32 Å². The Labute approximate surface area is 119 Å². The van der Waals surface area contributed by atoms with Crippen molar-refractivity contribution in [3.63, 3.8) is 0 Å². The van der Waals surface area contributed by atoms with E-state index in [1.54, 1.807) is 14.0 Å². The summed E-state index contributed by atoms with van der Waals surface area (Å²) < 4.78 is 51.3. The third-order valence-corrected chi connectivity index (χ3v) is 3.26. The number of nitrogens with zero attached hydrogens (tertiary/aromatic N) is 1. The molecule has 1 N–H and O–H groups in total. The molecule has 0 radical (unpaired) electrons. The molecular formula is C15H14F4N2. The zero-order chi connectivity index (χ0) is 15.6. The highest BCUT2D eigenvalue weighted by Gasteiger charge is 2.31. The molecule has 21 heavy (non-hydrogen) atoms.